The summed E-state index contributed by atoms with van der Waals surface area (Å²) >= 11 is 6.07. The summed E-state index contributed by atoms with van der Waals surface area (Å²) in [6, 6.07) is 20.1. The zero-order valence-electron chi connectivity index (χ0n) is 16.3. The first-order chi connectivity index (χ1) is 14.4. The molecular formula is C22H22ClN3O3S. The maximum Gasteiger partial charge on any atom is 0.244 e. The summed E-state index contributed by atoms with van der Waals surface area (Å²) < 4.78 is 27.1. The van der Waals surface area contributed by atoms with Crippen molar-refractivity contribution in [2.24, 2.45) is 0 Å². The van der Waals surface area contributed by atoms with Gasteiger partial charge in [-0.25, -0.2) is 8.42 Å². The Morgan fingerprint density at radius 2 is 1.57 bits per heavy atom. The predicted octanol–water partition coefficient (Wildman–Crippen LogP) is 3.44. The van der Waals surface area contributed by atoms with Gasteiger partial charge in [-0.1, -0.05) is 60.1 Å². The molecule has 0 aliphatic carbocycles. The Morgan fingerprint density at radius 3 is 2.33 bits per heavy atom. The number of nitrogens with zero attached hydrogens (tertiary/aromatic N) is 2. The molecule has 0 bridgehead atoms. The first kappa shape index (κ1) is 20.8. The van der Waals surface area contributed by atoms with E-state index in [1.165, 1.54) is 10.4 Å². The SMILES string of the molecule is O=C(CN1CCN(S(=O)(=O)c2ccccc2Cl)CC1)Nc1cccc2ccccc12. The first-order valence-corrected chi connectivity index (χ1v) is 11.5. The van der Waals surface area contributed by atoms with E-state index in [-0.39, 0.29) is 22.4 Å². The zero-order valence-corrected chi connectivity index (χ0v) is 17.9. The van der Waals surface area contributed by atoms with E-state index in [0.717, 1.165) is 16.5 Å². The fourth-order valence-corrected chi connectivity index (χ4v) is 5.56. The van der Waals surface area contributed by atoms with E-state index in [0.29, 0.717) is 26.2 Å². The molecule has 0 saturated carbocycles. The number of rotatable bonds is 5. The van der Waals surface area contributed by atoms with Gasteiger partial charge in [-0.3, -0.25) is 9.69 Å². The minimum Gasteiger partial charge on any atom is -0.324 e. The zero-order chi connectivity index (χ0) is 21.1. The van der Waals surface area contributed by atoms with Crippen molar-refractivity contribution in [1.82, 2.24) is 9.21 Å². The van der Waals surface area contributed by atoms with Crippen molar-refractivity contribution in [2.75, 3.05) is 38.0 Å². The summed E-state index contributed by atoms with van der Waals surface area (Å²) in [4.78, 5) is 14.6. The molecule has 1 aliphatic heterocycles. The number of carbonyl (C=O) groups is 1. The molecule has 3 aromatic carbocycles. The summed E-state index contributed by atoms with van der Waals surface area (Å²) in [5, 5.41) is 5.25. The third-order valence-electron chi connectivity index (χ3n) is 5.22. The van der Waals surface area contributed by atoms with Gasteiger partial charge in [-0.05, 0) is 23.6 Å². The summed E-state index contributed by atoms with van der Waals surface area (Å²) in [6.45, 7) is 1.80. The van der Waals surface area contributed by atoms with Gasteiger partial charge >= 0.3 is 0 Å². The minimum absolute atomic E-state index is 0.117. The molecule has 1 N–H and O–H groups in total. The van der Waals surface area contributed by atoms with Crippen LogP contribution in [-0.4, -0.2) is 56.3 Å². The van der Waals surface area contributed by atoms with Crippen molar-refractivity contribution >= 4 is 44.0 Å². The first-order valence-electron chi connectivity index (χ1n) is 9.70. The van der Waals surface area contributed by atoms with Gasteiger partial charge in [0.05, 0.1) is 11.6 Å². The van der Waals surface area contributed by atoms with Gasteiger partial charge in [-0.2, -0.15) is 4.31 Å². The summed E-state index contributed by atoms with van der Waals surface area (Å²) in [5.41, 5.74) is 0.776. The highest BCUT2D eigenvalue weighted by atomic mass is 35.5. The average molecular weight is 444 g/mol. The number of benzene rings is 3. The van der Waals surface area contributed by atoms with Crippen LogP contribution in [0.5, 0.6) is 0 Å². The Kier molecular flexibility index (Phi) is 6.06. The van der Waals surface area contributed by atoms with E-state index in [9.17, 15) is 13.2 Å². The fourth-order valence-electron chi connectivity index (χ4n) is 3.65. The normalized spacial score (nSPS) is 15.9. The Morgan fingerprint density at radius 1 is 0.900 bits per heavy atom. The molecule has 8 heteroatoms. The molecule has 0 spiro atoms. The molecule has 0 unspecified atom stereocenters. The molecule has 0 radical (unpaired) electrons. The highest BCUT2D eigenvalue weighted by Crippen LogP contribution is 2.25. The van der Waals surface area contributed by atoms with Crippen LogP contribution >= 0.6 is 11.6 Å². The van der Waals surface area contributed by atoms with Crippen LogP contribution in [0.25, 0.3) is 10.8 Å². The summed E-state index contributed by atoms with van der Waals surface area (Å²) in [6.07, 6.45) is 0. The molecular weight excluding hydrogens is 422 g/mol. The molecule has 0 aromatic heterocycles. The average Bonchev–Trinajstić information content (AvgIpc) is 2.74. The minimum atomic E-state index is -3.64. The quantitative estimate of drug-likeness (QED) is 0.655. The maximum atomic E-state index is 12.8. The molecule has 1 saturated heterocycles. The van der Waals surface area contributed by atoms with Crippen LogP contribution < -0.4 is 5.32 Å². The van der Waals surface area contributed by atoms with Crippen molar-refractivity contribution in [3.63, 3.8) is 0 Å². The second kappa shape index (κ2) is 8.73. The second-order valence-corrected chi connectivity index (χ2v) is 9.50. The number of amides is 1. The number of carbonyl (C=O) groups excluding carboxylic acids is 1. The third-order valence-corrected chi connectivity index (χ3v) is 7.62. The van der Waals surface area contributed by atoms with E-state index in [4.69, 9.17) is 11.6 Å². The van der Waals surface area contributed by atoms with Gasteiger partial charge in [-0.15, -0.1) is 0 Å². The highest BCUT2D eigenvalue weighted by Gasteiger charge is 2.30. The monoisotopic (exact) mass is 443 g/mol. The summed E-state index contributed by atoms with van der Waals surface area (Å²) in [7, 11) is -3.64. The van der Waals surface area contributed by atoms with Crippen LogP contribution in [0, 0.1) is 0 Å². The van der Waals surface area contributed by atoms with Crippen LogP contribution in [0.2, 0.25) is 5.02 Å². The van der Waals surface area contributed by atoms with Gasteiger partial charge in [0.1, 0.15) is 4.90 Å². The van der Waals surface area contributed by atoms with Gasteiger partial charge in [0.15, 0.2) is 0 Å². The van der Waals surface area contributed by atoms with Crippen molar-refractivity contribution in [3.8, 4) is 0 Å². The number of hydrogen-bond acceptors (Lipinski definition) is 4. The number of fused-ring (bicyclic) bond motifs is 1. The lowest BCUT2D eigenvalue weighted by atomic mass is 10.1. The molecule has 3 aromatic rings. The van der Waals surface area contributed by atoms with E-state index in [1.807, 2.05) is 47.4 Å². The highest BCUT2D eigenvalue weighted by molar-refractivity contribution is 7.89. The molecule has 1 amide bonds. The van der Waals surface area contributed by atoms with Crippen LogP contribution in [0.3, 0.4) is 0 Å². The fraction of sp³-hybridized carbons (Fsp3) is 0.227. The molecule has 1 fully saturated rings. The van der Waals surface area contributed by atoms with Gasteiger partial charge in [0.25, 0.3) is 0 Å². The molecule has 1 heterocycles. The molecule has 156 valence electrons. The van der Waals surface area contributed by atoms with E-state index in [1.54, 1.807) is 18.2 Å². The Labute approximate surface area is 181 Å². The lowest BCUT2D eigenvalue weighted by Crippen LogP contribution is -2.50. The number of nitrogens with one attached hydrogen (secondary N) is 1. The van der Waals surface area contributed by atoms with Crippen LogP contribution in [0.1, 0.15) is 0 Å². The van der Waals surface area contributed by atoms with E-state index < -0.39 is 10.0 Å². The largest absolute Gasteiger partial charge is 0.324 e. The van der Waals surface area contributed by atoms with Crippen molar-refractivity contribution in [2.45, 2.75) is 4.90 Å². The smallest absolute Gasteiger partial charge is 0.244 e. The van der Waals surface area contributed by atoms with Gasteiger partial charge in [0, 0.05) is 37.3 Å². The van der Waals surface area contributed by atoms with Crippen molar-refractivity contribution in [1.29, 1.82) is 0 Å². The molecule has 1 aliphatic rings. The lowest BCUT2D eigenvalue weighted by Gasteiger charge is -2.33. The molecule has 6 nitrogen and oxygen atoms in total. The van der Waals surface area contributed by atoms with Crippen LogP contribution in [0.15, 0.2) is 71.6 Å². The van der Waals surface area contributed by atoms with Crippen LogP contribution in [0.4, 0.5) is 5.69 Å². The van der Waals surface area contributed by atoms with Gasteiger partial charge < -0.3 is 5.32 Å². The van der Waals surface area contributed by atoms with Crippen LogP contribution in [-0.2, 0) is 14.8 Å². The number of anilines is 1. The van der Waals surface area contributed by atoms with E-state index in [2.05, 4.69) is 5.32 Å². The number of halogens is 1. The van der Waals surface area contributed by atoms with Gasteiger partial charge in [0.2, 0.25) is 15.9 Å². The summed E-state index contributed by atoms with van der Waals surface area (Å²) in [5.74, 6) is -0.117. The number of hydrogen-bond donors (Lipinski definition) is 1. The Balaban J connectivity index is 1.37. The molecule has 4 rings (SSSR count). The number of piperazine rings is 1. The second-order valence-electron chi connectivity index (χ2n) is 7.19. The topological polar surface area (TPSA) is 69.7 Å². The number of sulfonamides is 1. The van der Waals surface area contributed by atoms with Crippen molar-refractivity contribution in [3.05, 3.63) is 71.8 Å². The molecule has 30 heavy (non-hydrogen) atoms. The third kappa shape index (κ3) is 4.34. The Hall–Kier alpha value is -2.45. The lowest BCUT2D eigenvalue weighted by molar-refractivity contribution is -0.117. The van der Waals surface area contributed by atoms with E-state index >= 15 is 0 Å². The predicted molar refractivity (Wildman–Crippen MR) is 119 cm³/mol. The standard InChI is InChI=1S/C22H22ClN3O3S/c23-19-9-3-4-11-21(19)30(28,29)26-14-12-25(13-15-26)16-22(27)24-20-10-5-7-17-6-1-2-8-18(17)20/h1-11H,12-16H2,(H,24,27). The Bertz CT molecular complexity index is 1170. The van der Waals surface area contributed by atoms with Crippen molar-refractivity contribution < 1.29 is 13.2 Å². The molecule has 0 atom stereocenters. The maximum absolute atomic E-state index is 12.8.